The van der Waals surface area contributed by atoms with Gasteiger partial charge in [0.25, 0.3) is 0 Å². The van der Waals surface area contributed by atoms with E-state index in [1.54, 1.807) is 0 Å². The van der Waals surface area contributed by atoms with Gasteiger partial charge in [0, 0.05) is 37.7 Å². The third-order valence-electron chi connectivity index (χ3n) is 3.27. The fourth-order valence-electron chi connectivity index (χ4n) is 2.20. The van der Waals surface area contributed by atoms with E-state index in [9.17, 15) is 4.79 Å². The molecule has 1 aromatic heterocycles. The van der Waals surface area contributed by atoms with Crippen LogP contribution in [0.5, 0.6) is 0 Å². The standard InChI is InChI=1S/C16H23ClN4O.C2H7N/c1-4-14(20-16(6-18)15(17)11-22)10-21(3)9-13-5-12(2)7-19-8-13;1-3-2/h5-8,11,14,18,20H,4,9-10H2,1-3H3;3H,1-2H3/b16-15-,18-6?;. The minimum absolute atomic E-state index is 0.0268. The van der Waals surface area contributed by atoms with Gasteiger partial charge < -0.3 is 20.9 Å². The van der Waals surface area contributed by atoms with Gasteiger partial charge in [0.2, 0.25) is 0 Å². The van der Waals surface area contributed by atoms with E-state index in [0.717, 1.165) is 36.9 Å². The molecule has 0 aliphatic heterocycles. The van der Waals surface area contributed by atoms with E-state index in [1.807, 2.05) is 40.5 Å². The highest BCUT2D eigenvalue weighted by molar-refractivity contribution is 6.40. The number of nitrogens with zero attached hydrogens (tertiary/aromatic N) is 2. The maximum absolute atomic E-state index is 10.7. The van der Waals surface area contributed by atoms with E-state index in [1.165, 1.54) is 0 Å². The lowest BCUT2D eigenvalue weighted by atomic mass is 10.1. The van der Waals surface area contributed by atoms with Crippen LogP contribution in [0, 0.1) is 12.3 Å². The summed E-state index contributed by atoms with van der Waals surface area (Å²) in [6.07, 6.45) is 6.18. The average Bonchev–Trinajstić information content (AvgIpc) is 2.58. The van der Waals surface area contributed by atoms with Gasteiger partial charge in [0.15, 0.2) is 6.29 Å². The molecule has 0 saturated carbocycles. The Bertz CT molecular complexity index is 562. The molecule has 1 unspecified atom stereocenters. The van der Waals surface area contributed by atoms with Crippen molar-refractivity contribution in [2.45, 2.75) is 32.9 Å². The summed E-state index contributed by atoms with van der Waals surface area (Å²) < 4.78 is 0. The van der Waals surface area contributed by atoms with E-state index in [4.69, 9.17) is 17.0 Å². The highest BCUT2D eigenvalue weighted by atomic mass is 35.5. The maximum Gasteiger partial charge on any atom is 0.163 e. The van der Waals surface area contributed by atoms with E-state index in [-0.39, 0.29) is 11.1 Å². The Kier molecular flexibility index (Phi) is 12.6. The lowest BCUT2D eigenvalue weighted by Gasteiger charge is -2.25. The first-order valence-corrected chi connectivity index (χ1v) is 8.59. The minimum Gasteiger partial charge on any atom is -0.379 e. The van der Waals surface area contributed by atoms with Gasteiger partial charge in [-0.1, -0.05) is 24.6 Å². The maximum atomic E-state index is 10.7. The Balaban J connectivity index is 0.00000178. The summed E-state index contributed by atoms with van der Waals surface area (Å²) in [6, 6.07) is 2.22. The molecular formula is C18H30ClN5O. The van der Waals surface area contributed by atoms with Gasteiger partial charge in [-0.05, 0) is 45.6 Å². The normalized spacial score (nSPS) is 12.6. The van der Waals surface area contributed by atoms with E-state index in [2.05, 4.69) is 33.5 Å². The number of rotatable bonds is 9. The Morgan fingerprint density at radius 1 is 1.44 bits per heavy atom. The highest BCUT2D eigenvalue weighted by Gasteiger charge is 2.12. The molecule has 0 fully saturated rings. The number of carbonyl (C=O) groups is 1. The number of likely N-dealkylation sites (N-methyl/N-ethyl adjacent to an activating group) is 1. The molecule has 7 heteroatoms. The molecule has 0 aliphatic rings. The number of aromatic nitrogens is 1. The second-order valence-corrected chi connectivity index (χ2v) is 6.25. The SMILES string of the molecule is CCC(CN(C)Cc1cncc(C)c1)N/C(C=N)=C(\Cl)C=O.CNC. The fraction of sp³-hybridized carbons (Fsp3) is 0.500. The molecular weight excluding hydrogens is 338 g/mol. The highest BCUT2D eigenvalue weighted by Crippen LogP contribution is 2.08. The second kappa shape index (κ2) is 13.5. The van der Waals surface area contributed by atoms with Crippen molar-refractivity contribution < 1.29 is 4.79 Å². The van der Waals surface area contributed by atoms with Crippen LogP contribution in [-0.2, 0) is 11.3 Å². The van der Waals surface area contributed by atoms with Crippen LogP contribution in [0.3, 0.4) is 0 Å². The van der Waals surface area contributed by atoms with Crippen molar-refractivity contribution in [2.75, 3.05) is 27.7 Å². The van der Waals surface area contributed by atoms with Crippen LogP contribution in [-0.4, -0.2) is 56.1 Å². The summed E-state index contributed by atoms with van der Waals surface area (Å²) in [5.41, 5.74) is 2.66. The molecule has 0 aliphatic carbocycles. The zero-order valence-corrected chi connectivity index (χ0v) is 16.5. The molecule has 6 nitrogen and oxygen atoms in total. The van der Waals surface area contributed by atoms with Gasteiger partial charge in [-0.3, -0.25) is 9.78 Å². The summed E-state index contributed by atoms with van der Waals surface area (Å²) in [4.78, 5) is 17.1. The zero-order chi connectivity index (χ0) is 19.2. The van der Waals surface area contributed by atoms with Crippen molar-refractivity contribution in [3.63, 3.8) is 0 Å². The Hall–Kier alpha value is -1.76. The van der Waals surface area contributed by atoms with Crippen LogP contribution in [0.4, 0.5) is 0 Å². The summed E-state index contributed by atoms with van der Waals surface area (Å²) in [5, 5.41) is 13.3. The smallest absolute Gasteiger partial charge is 0.163 e. The van der Waals surface area contributed by atoms with Crippen molar-refractivity contribution >= 4 is 24.1 Å². The molecule has 140 valence electrons. The molecule has 1 aromatic rings. The number of aryl methyl sites for hydroxylation is 1. The molecule has 1 atom stereocenters. The van der Waals surface area contributed by atoms with Gasteiger partial charge in [-0.25, -0.2) is 0 Å². The predicted molar refractivity (Wildman–Crippen MR) is 105 cm³/mol. The third-order valence-corrected chi connectivity index (χ3v) is 3.57. The van der Waals surface area contributed by atoms with Gasteiger partial charge in [0.1, 0.15) is 5.03 Å². The van der Waals surface area contributed by atoms with Crippen LogP contribution in [0.1, 0.15) is 24.5 Å². The van der Waals surface area contributed by atoms with E-state index >= 15 is 0 Å². The largest absolute Gasteiger partial charge is 0.379 e. The topological polar surface area (TPSA) is 81.1 Å². The quantitative estimate of drug-likeness (QED) is 0.354. The molecule has 3 N–H and O–H groups in total. The number of halogens is 1. The predicted octanol–water partition coefficient (Wildman–Crippen LogP) is 2.32. The second-order valence-electron chi connectivity index (χ2n) is 5.84. The fourth-order valence-corrected chi connectivity index (χ4v) is 2.31. The Labute approximate surface area is 156 Å². The lowest BCUT2D eigenvalue weighted by molar-refractivity contribution is -0.104. The van der Waals surface area contributed by atoms with Gasteiger partial charge >= 0.3 is 0 Å². The number of aldehydes is 1. The molecule has 0 aromatic carbocycles. The van der Waals surface area contributed by atoms with Gasteiger partial charge in [0.05, 0.1) is 5.70 Å². The van der Waals surface area contributed by atoms with Crippen molar-refractivity contribution in [3.8, 4) is 0 Å². The van der Waals surface area contributed by atoms with Crippen molar-refractivity contribution in [1.82, 2.24) is 20.5 Å². The van der Waals surface area contributed by atoms with Crippen LogP contribution in [0.2, 0.25) is 0 Å². The first kappa shape index (κ1) is 23.2. The zero-order valence-electron chi connectivity index (χ0n) is 15.8. The number of nitrogens with one attached hydrogen (secondary N) is 3. The number of hydrogen-bond donors (Lipinski definition) is 3. The van der Waals surface area contributed by atoms with Gasteiger partial charge in [-0.2, -0.15) is 0 Å². The van der Waals surface area contributed by atoms with Crippen molar-refractivity contribution in [1.29, 1.82) is 5.41 Å². The molecule has 0 spiro atoms. The van der Waals surface area contributed by atoms with Crippen molar-refractivity contribution in [3.05, 3.63) is 40.3 Å². The summed E-state index contributed by atoms with van der Waals surface area (Å²) >= 11 is 5.79. The van der Waals surface area contributed by atoms with E-state index in [0.29, 0.717) is 12.0 Å². The average molecular weight is 368 g/mol. The molecule has 0 bridgehead atoms. The number of pyridine rings is 1. The third kappa shape index (κ3) is 9.96. The molecule has 0 saturated heterocycles. The molecule has 1 rings (SSSR count). The van der Waals surface area contributed by atoms with E-state index < -0.39 is 0 Å². The molecule has 25 heavy (non-hydrogen) atoms. The molecule has 0 radical (unpaired) electrons. The molecule has 1 heterocycles. The van der Waals surface area contributed by atoms with Crippen LogP contribution >= 0.6 is 11.6 Å². The number of allylic oxidation sites excluding steroid dienone is 2. The first-order chi connectivity index (χ1) is 11.9. The summed E-state index contributed by atoms with van der Waals surface area (Å²) in [7, 11) is 5.78. The number of carbonyl (C=O) groups excluding carboxylic acids is 1. The van der Waals surface area contributed by atoms with Crippen LogP contribution in [0.15, 0.2) is 29.2 Å². The summed E-state index contributed by atoms with van der Waals surface area (Å²) in [6.45, 7) is 5.63. The summed E-state index contributed by atoms with van der Waals surface area (Å²) in [5.74, 6) is 0. The monoisotopic (exact) mass is 367 g/mol. The Morgan fingerprint density at radius 3 is 2.56 bits per heavy atom. The van der Waals surface area contributed by atoms with Crippen LogP contribution in [0.25, 0.3) is 0 Å². The number of hydrogen-bond acceptors (Lipinski definition) is 6. The van der Waals surface area contributed by atoms with Gasteiger partial charge in [-0.15, -0.1) is 0 Å². The molecule has 0 amide bonds. The first-order valence-electron chi connectivity index (χ1n) is 8.21. The lowest BCUT2D eigenvalue weighted by Crippen LogP contribution is -2.39. The van der Waals surface area contributed by atoms with Crippen LogP contribution < -0.4 is 10.6 Å². The minimum atomic E-state index is 0.0268. The van der Waals surface area contributed by atoms with Crippen molar-refractivity contribution in [2.24, 2.45) is 0 Å². The Morgan fingerprint density at radius 2 is 2.08 bits per heavy atom.